The van der Waals surface area contributed by atoms with Crippen molar-refractivity contribution in [1.29, 1.82) is 5.26 Å². The predicted molar refractivity (Wildman–Crippen MR) is 86.2 cm³/mol. The lowest BCUT2D eigenvalue weighted by atomic mass is 10.2. The van der Waals surface area contributed by atoms with E-state index in [9.17, 15) is 9.59 Å². The third-order valence-electron chi connectivity index (χ3n) is 3.55. The van der Waals surface area contributed by atoms with Crippen LogP contribution in [0.4, 0.5) is 0 Å². The number of carbonyl (C=O) groups excluding carboxylic acids is 1. The Morgan fingerprint density at radius 2 is 2.04 bits per heavy atom. The van der Waals surface area contributed by atoms with Gasteiger partial charge < -0.3 is 13.7 Å². The number of fused-ring (bicyclic) bond motifs is 1. The number of hydrogen-bond donors (Lipinski definition) is 0. The van der Waals surface area contributed by atoms with E-state index in [-0.39, 0.29) is 30.7 Å². The van der Waals surface area contributed by atoms with E-state index < -0.39 is 5.91 Å². The monoisotopic (exact) mass is 322 g/mol. The van der Waals surface area contributed by atoms with Crippen LogP contribution in [0.15, 0.2) is 62.4 Å². The maximum absolute atomic E-state index is 12.7. The number of nitriles is 1. The molecule has 0 N–H and O–H groups in total. The normalized spacial score (nSPS) is 10.5. The highest BCUT2D eigenvalue weighted by Crippen LogP contribution is 2.15. The predicted octanol–water partition coefficient (Wildman–Crippen LogP) is 2.94. The van der Waals surface area contributed by atoms with Crippen molar-refractivity contribution in [1.82, 2.24) is 4.90 Å². The van der Waals surface area contributed by atoms with Gasteiger partial charge in [-0.15, -0.1) is 0 Å². The molecule has 6 heteroatoms. The second kappa shape index (κ2) is 6.84. The minimum absolute atomic E-state index is 0.0526. The first-order valence-electron chi connectivity index (χ1n) is 7.40. The maximum Gasteiger partial charge on any atom is 0.290 e. The average molecular weight is 322 g/mol. The molecule has 3 rings (SSSR count). The molecule has 3 aromatic rings. The zero-order valence-corrected chi connectivity index (χ0v) is 12.8. The molecule has 0 spiro atoms. The van der Waals surface area contributed by atoms with Gasteiger partial charge in [0.15, 0.2) is 11.2 Å². The first-order valence-corrected chi connectivity index (χ1v) is 7.40. The summed E-state index contributed by atoms with van der Waals surface area (Å²) in [6.07, 6.45) is 1.68. The fourth-order valence-electron chi connectivity index (χ4n) is 2.39. The van der Waals surface area contributed by atoms with E-state index in [0.717, 1.165) is 0 Å². The molecule has 0 fully saturated rings. The van der Waals surface area contributed by atoms with Gasteiger partial charge in [0.05, 0.1) is 30.7 Å². The first kappa shape index (κ1) is 15.6. The third-order valence-corrected chi connectivity index (χ3v) is 3.55. The zero-order chi connectivity index (χ0) is 16.9. The lowest BCUT2D eigenvalue weighted by Crippen LogP contribution is -2.31. The number of benzene rings is 1. The number of carbonyl (C=O) groups is 1. The Bertz CT molecular complexity index is 951. The lowest BCUT2D eigenvalue weighted by molar-refractivity contribution is 0.0703. The molecule has 6 nitrogen and oxygen atoms in total. The Labute approximate surface area is 137 Å². The molecule has 0 saturated heterocycles. The number of rotatable bonds is 5. The Balaban J connectivity index is 1.94. The molecule has 1 aromatic carbocycles. The molecular formula is C18H14N2O4. The number of amides is 1. The highest BCUT2D eigenvalue weighted by atomic mass is 16.3. The molecule has 120 valence electrons. The van der Waals surface area contributed by atoms with E-state index in [4.69, 9.17) is 14.1 Å². The summed E-state index contributed by atoms with van der Waals surface area (Å²) in [4.78, 5) is 26.3. The number of hydrogen-bond acceptors (Lipinski definition) is 5. The van der Waals surface area contributed by atoms with E-state index in [2.05, 4.69) is 0 Å². The van der Waals surface area contributed by atoms with Gasteiger partial charge in [-0.25, -0.2) is 0 Å². The summed E-state index contributed by atoms with van der Waals surface area (Å²) < 4.78 is 10.8. The summed E-state index contributed by atoms with van der Waals surface area (Å²) in [5, 5.41) is 9.21. The molecule has 0 unspecified atom stereocenters. The Hall–Kier alpha value is -3.33. The summed E-state index contributed by atoms with van der Waals surface area (Å²) >= 11 is 0. The summed E-state index contributed by atoms with van der Waals surface area (Å²) in [6, 6.07) is 13.4. The number of nitrogens with zero attached hydrogens (tertiary/aromatic N) is 2. The molecule has 1 amide bonds. The average Bonchev–Trinajstić information content (AvgIpc) is 3.11. The van der Waals surface area contributed by atoms with Gasteiger partial charge in [-0.1, -0.05) is 12.1 Å². The highest BCUT2D eigenvalue weighted by Gasteiger charge is 2.20. The topological polar surface area (TPSA) is 87.5 Å². The molecule has 2 heterocycles. The van der Waals surface area contributed by atoms with Crippen LogP contribution in [0.2, 0.25) is 0 Å². The fourth-order valence-corrected chi connectivity index (χ4v) is 2.39. The van der Waals surface area contributed by atoms with E-state index in [0.29, 0.717) is 16.7 Å². The molecule has 0 bridgehead atoms. The van der Waals surface area contributed by atoms with Crippen molar-refractivity contribution < 1.29 is 13.6 Å². The van der Waals surface area contributed by atoms with Crippen LogP contribution < -0.4 is 5.43 Å². The van der Waals surface area contributed by atoms with Crippen LogP contribution in [0.1, 0.15) is 22.7 Å². The van der Waals surface area contributed by atoms with E-state index in [1.165, 1.54) is 17.2 Å². The fraction of sp³-hybridized carbons (Fsp3) is 0.167. The van der Waals surface area contributed by atoms with Crippen LogP contribution in [0.5, 0.6) is 0 Å². The van der Waals surface area contributed by atoms with Crippen molar-refractivity contribution in [3.8, 4) is 6.07 Å². The van der Waals surface area contributed by atoms with Gasteiger partial charge in [0.1, 0.15) is 11.3 Å². The van der Waals surface area contributed by atoms with Crippen molar-refractivity contribution in [2.24, 2.45) is 0 Å². The molecular weight excluding hydrogens is 308 g/mol. The highest BCUT2D eigenvalue weighted by molar-refractivity contribution is 5.93. The van der Waals surface area contributed by atoms with Gasteiger partial charge in [-0.05, 0) is 24.3 Å². The molecule has 0 atom stereocenters. The molecule has 0 aliphatic heterocycles. The Morgan fingerprint density at radius 3 is 2.79 bits per heavy atom. The summed E-state index contributed by atoms with van der Waals surface area (Å²) in [7, 11) is 0. The van der Waals surface area contributed by atoms with Crippen LogP contribution >= 0.6 is 0 Å². The van der Waals surface area contributed by atoms with E-state index >= 15 is 0 Å². The van der Waals surface area contributed by atoms with Crippen LogP contribution in [-0.2, 0) is 6.54 Å². The maximum atomic E-state index is 12.7. The first-order chi connectivity index (χ1) is 11.7. The van der Waals surface area contributed by atoms with Crippen molar-refractivity contribution in [3.05, 3.63) is 70.5 Å². The molecule has 2 aromatic heterocycles. The molecule has 24 heavy (non-hydrogen) atoms. The van der Waals surface area contributed by atoms with Crippen LogP contribution in [0.3, 0.4) is 0 Å². The number of furan rings is 1. The Kier molecular flexibility index (Phi) is 4.43. The summed E-state index contributed by atoms with van der Waals surface area (Å²) in [5.74, 6) is 0.0807. The molecule has 0 saturated carbocycles. The van der Waals surface area contributed by atoms with Gasteiger partial charge >= 0.3 is 0 Å². The SMILES string of the molecule is N#CCCN(Cc1ccco1)C(=O)c1cc(=O)c2ccccc2o1. The van der Waals surface area contributed by atoms with Gasteiger partial charge in [-0.2, -0.15) is 5.26 Å². The van der Waals surface area contributed by atoms with Crippen molar-refractivity contribution in [2.75, 3.05) is 6.54 Å². The molecule has 0 aliphatic rings. The van der Waals surface area contributed by atoms with Gasteiger partial charge in [0.2, 0.25) is 0 Å². The van der Waals surface area contributed by atoms with Crippen LogP contribution in [0, 0.1) is 11.3 Å². The third kappa shape index (κ3) is 3.20. The van der Waals surface area contributed by atoms with Gasteiger partial charge in [0, 0.05) is 12.6 Å². The van der Waals surface area contributed by atoms with E-state index in [1.54, 1.807) is 36.4 Å². The summed E-state index contributed by atoms with van der Waals surface area (Å²) in [6.45, 7) is 0.413. The largest absolute Gasteiger partial charge is 0.467 e. The van der Waals surface area contributed by atoms with Crippen molar-refractivity contribution in [3.63, 3.8) is 0 Å². The molecule has 0 aliphatic carbocycles. The van der Waals surface area contributed by atoms with Crippen LogP contribution in [0.25, 0.3) is 11.0 Å². The second-order valence-corrected chi connectivity index (χ2v) is 5.19. The standard InChI is InChI=1S/C18H14N2O4/c19-8-4-9-20(12-13-5-3-10-23-13)18(22)17-11-15(21)14-6-1-2-7-16(14)24-17/h1-3,5-7,10-11H,4,9,12H2. The zero-order valence-electron chi connectivity index (χ0n) is 12.8. The minimum Gasteiger partial charge on any atom is -0.467 e. The van der Waals surface area contributed by atoms with Crippen molar-refractivity contribution in [2.45, 2.75) is 13.0 Å². The summed E-state index contributed by atoms with van der Waals surface area (Å²) in [5.41, 5.74) is 0.0741. The minimum atomic E-state index is -0.454. The quantitative estimate of drug-likeness (QED) is 0.720. The van der Waals surface area contributed by atoms with Crippen molar-refractivity contribution >= 4 is 16.9 Å². The van der Waals surface area contributed by atoms with Gasteiger partial charge in [-0.3, -0.25) is 9.59 Å². The van der Waals surface area contributed by atoms with E-state index in [1.807, 2.05) is 6.07 Å². The number of para-hydroxylation sites is 1. The van der Waals surface area contributed by atoms with Gasteiger partial charge in [0.25, 0.3) is 5.91 Å². The second-order valence-electron chi connectivity index (χ2n) is 5.19. The van der Waals surface area contributed by atoms with Crippen LogP contribution in [-0.4, -0.2) is 17.4 Å². The smallest absolute Gasteiger partial charge is 0.290 e. The molecule has 0 radical (unpaired) electrons. The Morgan fingerprint density at radius 1 is 1.21 bits per heavy atom. The lowest BCUT2D eigenvalue weighted by Gasteiger charge is -2.19.